The van der Waals surface area contributed by atoms with Gasteiger partial charge in [0.1, 0.15) is 17.1 Å². The second kappa shape index (κ2) is 6.89. The third-order valence-corrected chi connectivity index (χ3v) is 4.42. The van der Waals surface area contributed by atoms with Crippen molar-refractivity contribution < 1.29 is 13.9 Å². The van der Waals surface area contributed by atoms with Gasteiger partial charge in [-0.05, 0) is 49.6 Å². The molecule has 0 aliphatic heterocycles. The Balaban J connectivity index is 1.38. The predicted octanol–water partition coefficient (Wildman–Crippen LogP) is 3.83. The molecule has 128 valence electrons. The quantitative estimate of drug-likeness (QED) is 0.695. The van der Waals surface area contributed by atoms with E-state index in [2.05, 4.69) is 10.9 Å². The van der Waals surface area contributed by atoms with Crippen LogP contribution in [-0.2, 0) is 17.6 Å². The highest BCUT2D eigenvalue weighted by atomic mass is 16.5. The van der Waals surface area contributed by atoms with Crippen LogP contribution in [0.2, 0.25) is 0 Å². The van der Waals surface area contributed by atoms with Gasteiger partial charge in [0, 0.05) is 17.4 Å². The lowest BCUT2D eigenvalue weighted by molar-refractivity contribution is -0.122. The van der Waals surface area contributed by atoms with Crippen LogP contribution in [0.3, 0.4) is 0 Å². The first kappa shape index (κ1) is 15.6. The van der Waals surface area contributed by atoms with Crippen molar-refractivity contribution >= 4 is 22.6 Å². The van der Waals surface area contributed by atoms with Crippen LogP contribution in [0.5, 0.6) is 5.75 Å². The number of carbonyl (C=O) groups is 1. The maximum absolute atomic E-state index is 11.9. The molecule has 25 heavy (non-hydrogen) atoms. The van der Waals surface area contributed by atoms with Crippen molar-refractivity contribution in [2.45, 2.75) is 25.7 Å². The third-order valence-electron chi connectivity index (χ3n) is 4.42. The monoisotopic (exact) mass is 336 g/mol. The number of hydrogen-bond donors (Lipinski definition) is 2. The van der Waals surface area contributed by atoms with Crippen molar-refractivity contribution in [2.24, 2.45) is 0 Å². The Morgan fingerprint density at radius 2 is 1.92 bits per heavy atom. The van der Waals surface area contributed by atoms with E-state index in [1.54, 1.807) is 0 Å². The highest BCUT2D eigenvalue weighted by molar-refractivity contribution is 5.84. The number of carbonyl (C=O) groups excluding carboxylic acids is 1. The van der Waals surface area contributed by atoms with Crippen LogP contribution in [0.1, 0.15) is 24.2 Å². The zero-order valence-electron chi connectivity index (χ0n) is 13.9. The Bertz CT molecular complexity index is 887. The number of hydrazine groups is 1. The molecule has 4 rings (SSSR count). The second-order valence-corrected chi connectivity index (χ2v) is 6.20. The molecule has 0 radical (unpaired) electrons. The summed E-state index contributed by atoms with van der Waals surface area (Å²) in [7, 11) is 0. The van der Waals surface area contributed by atoms with Gasteiger partial charge in [-0.25, -0.2) is 0 Å². The van der Waals surface area contributed by atoms with Crippen LogP contribution in [0.25, 0.3) is 11.0 Å². The minimum absolute atomic E-state index is 0.0502. The Labute approximate surface area is 145 Å². The van der Waals surface area contributed by atoms with Gasteiger partial charge < -0.3 is 9.15 Å². The lowest BCUT2D eigenvalue weighted by Gasteiger charge is -2.10. The minimum Gasteiger partial charge on any atom is -0.484 e. The number of nitrogens with one attached hydrogen (secondary N) is 2. The number of rotatable bonds is 5. The van der Waals surface area contributed by atoms with Gasteiger partial charge in [-0.1, -0.05) is 18.2 Å². The first-order valence-corrected chi connectivity index (χ1v) is 8.56. The van der Waals surface area contributed by atoms with Crippen LogP contribution in [0, 0.1) is 0 Å². The second-order valence-electron chi connectivity index (χ2n) is 6.20. The molecule has 1 aliphatic carbocycles. The number of amides is 1. The molecule has 5 nitrogen and oxygen atoms in total. The largest absolute Gasteiger partial charge is 0.484 e. The summed E-state index contributed by atoms with van der Waals surface area (Å²) in [6.07, 6.45) is 4.44. The smallest absolute Gasteiger partial charge is 0.276 e. The molecule has 1 amide bonds. The Kier molecular flexibility index (Phi) is 4.29. The van der Waals surface area contributed by atoms with Gasteiger partial charge in [-0.2, -0.15) is 0 Å². The van der Waals surface area contributed by atoms with Crippen LogP contribution in [0.15, 0.2) is 52.9 Å². The fourth-order valence-electron chi connectivity index (χ4n) is 3.18. The minimum atomic E-state index is -0.238. The number of benzene rings is 2. The van der Waals surface area contributed by atoms with Gasteiger partial charge in [-0.3, -0.25) is 15.6 Å². The summed E-state index contributed by atoms with van der Waals surface area (Å²) < 4.78 is 11.5. The molecule has 0 atom stereocenters. The Hall–Kier alpha value is -2.95. The Morgan fingerprint density at radius 3 is 2.80 bits per heavy atom. The van der Waals surface area contributed by atoms with Gasteiger partial charge in [0.2, 0.25) is 0 Å². The van der Waals surface area contributed by atoms with E-state index >= 15 is 0 Å². The molecule has 0 spiro atoms. The van der Waals surface area contributed by atoms with Crippen molar-refractivity contribution in [1.82, 2.24) is 5.43 Å². The summed E-state index contributed by atoms with van der Waals surface area (Å²) in [5.74, 6) is 1.54. The van der Waals surface area contributed by atoms with E-state index in [1.165, 1.54) is 18.4 Å². The maximum atomic E-state index is 11.9. The summed E-state index contributed by atoms with van der Waals surface area (Å²) >= 11 is 0. The molecule has 0 saturated carbocycles. The van der Waals surface area contributed by atoms with Crippen LogP contribution < -0.4 is 15.6 Å². The van der Waals surface area contributed by atoms with Crippen LogP contribution >= 0.6 is 0 Å². The molecule has 0 unspecified atom stereocenters. The average Bonchev–Trinajstić information content (AvgIpc) is 3.03. The molecule has 0 fully saturated rings. The van der Waals surface area contributed by atoms with Crippen molar-refractivity contribution in [3.8, 4) is 5.75 Å². The highest BCUT2D eigenvalue weighted by Crippen LogP contribution is 2.33. The molecule has 0 saturated heterocycles. The van der Waals surface area contributed by atoms with Gasteiger partial charge >= 0.3 is 0 Å². The van der Waals surface area contributed by atoms with Gasteiger partial charge in [0.25, 0.3) is 5.91 Å². The lowest BCUT2D eigenvalue weighted by atomic mass is 9.96. The number of aryl methyl sites for hydroxylation is 2. The maximum Gasteiger partial charge on any atom is 0.276 e. The number of furan rings is 1. The molecular formula is C20H20N2O3. The SMILES string of the molecule is O=C(COc1ccc2oc3c(c2c1)CCCC3)NNc1ccccc1. The van der Waals surface area contributed by atoms with Gasteiger partial charge in [-0.15, -0.1) is 0 Å². The molecular weight excluding hydrogens is 316 g/mol. The molecule has 1 aliphatic rings. The van der Waals surface area contributed by atoms with E-state index in [1.807, 2.05) is 48.5 Å². The molecule has 0 bridgehead atoms. The van der Waals surface area contributed by atoms with E-state index in [4.69, 9.17) is 9.15 Å². The van der Waals surface area contributed by atoms with E-state index in [9.17, 15) is 4.79 Å². The summed E-state index contributed by atoms with van der Waals surface area (Å²) in [4.78, 5) is 11.9. The molecule has 5 heteroatoms. The van der Waals surface area contributed by atoms with E-state index in [0.717, 1.165) is 35.3 Å². The predicted molar refractivity (Wildman–Crippen MR) is 96.6 cm³/mol. The zero-order valence-corrected chi connectivity index (χ0v) is 13.9. The van der Waals surface area contributed by atoms with E-state index in [-0.39, 0.29) is 12.5 Å². The van der Waals surface area contributed by atoms with Crippen molar-refractivity contribution in [1.29, 1.82) is 0 Å². The molecule has 1 heterocycles. The van der Waals surface area contributed by atoms with Crippen LogP contribution in [0.4, 0.5) is 5.69 Å². The molecule has 2 aromatic carbocycles. The summed E-state index contributed by atoms with van der Waals surface area (Å²) in [6.45, 7) is -0.0502. The first-order chi connectivity index (χ1) is 12.3. The van der Waals surface area contributed by atoms with Gasteiger partial charge in [0.15, 0.2) is 6.61 Å². The fourth-order valence-corrected chi connectivity index (χ4v) is 3.18. The summed E-state index contributed by atoms with van der Waals surface area (Å²) in [5.41, 5.74) is 8.48. The summed E-state index contributed by atoms with van der Waals surface area (Å²) in [5, 5.41) is 1.11. The standard InChI is InChI=1S/C20H20N2O3/c23-20(22-21-14-6-2-1-3-7-14)13-24-15-10-11-19-17(12-15)16-8-4-5-9-18(16)25-19/h1-3,6-7,10-12,21H,4-5,8-9,13H2,(H,22,23). The fraction of sp³-hybridized carbons (Fsp3) is 0.250. The lowest BCUT2D eigenvalue weighted by Crippen LogP contribution is -2.33. The Morgan fingerprint density at radius 1 is 1.08 bits per heavy atom. The van der Waals surface area contributed by atoms with Gasteiger partial charge in [0.05, 0.1) is 5.69 Å². The van der Waals surface area contributed by atoms with E-state index in [0.29, 0.717) is 5.75 Å². The first-order valence-electron chi connectivity index (χ1n) is 8.56. The number of para-hydroxylation sites is 1. The molecule has 2 N–H and O–H groups in total. The normalized spacial score (nSPS) is 13.3. The third kappa shape index (κ3) is 3.45. The summed E-state index contributed by atoms with van der Waals surface area (Å²) in [6, 6.07) is 15.2. The average molecular weight is 336 g/mol. The van der Waals surface area contributed by atoms with Crippen molar-refractivity contribution in [2.75, 3.05) is 12.0 Å². The molecule has 3 aromatic rings. The number of hydrogen-bond acceptors (Lipinski definition) is 4. The number of ether oxygens (including phenoxy) is 1. The molecule has 1 aromatic heterocycles. The van der Waals surface area contributed by atoms with E-state index < -0.39 is 0 Å². The zero-order chi connectivity index (χ0) is 17.1. The topological polar surface area (TPSA) is 63.5 Å². The highest BCUT2D eigenvalue weighted by Gasteiger charge is 2.18. The van der Waals surface area contributed by atoms with Crippen molar-refractivity contribution in [3.63, 3.8) is 0 Å². The van der Waals surface area contributed by atoms with Crippen molar-refractivity contribution in [3.05, 3.63) is 59.9 Å². The van der Waals surface area contributed by atoms with Crippen LogP contribution in [-0.4, -0.2) is 12.5 Å². The number of anilines is 1. The number of fused-ring (bicyclic) bond motifs is 3.